The standard InChI is InChI=1S/C16H14BrN3O/c1-9(19-12-5-2-10(17)3-6-12)15-13-8-11(18)4-7-14(13)20-16(15)21/h2-8,20-21H,18H2,1H3. The maximum atomic E-state index is 10.1. The van der Waals surface area contributed by atoms with E-state index in [9.17, 15) is 5.11 Å². The van der Waals surface area contributed by atoms with E-state index in [1.807, 2.05) is 43.3 Å². The van der Waals surface area contributed by atoms with Crippen molar-refractivity contribution >= 4 is 43.9 Å². The first-order valence-electron chi connectivity index (χ1n) is 6.46. The van der Waals surface area contributed by atoms with E-state index < -0.39 is 0 Å². The van der Waals surface area contributed by atoms with Gasteiger partial charge in [-0.15, -0.1) is 0 Å². The van der Waals surface area contributed by atoms with Gasteiger partial charge in [-0.25, -0.2) is 0 Å². The minimum atomic E-state index is 0.106. The van der Waals surface area contributed by atoms with Crippen LogP contribution in [0.25, 0.3) is 10.9 Å². The second-order valence-electron chi connectivity index (χ2n) is 4.83. The molecule has 3 rings (SSSR count). The molecule has 5 heteroatoms. The highest BCUT2D eigenvalue weighted by molar-refractivity contribution is 9.10. The summed E-state index contributed by atoms with van der Waals surface area (Å²) in [7, 11) is 0. The largest absolute Gasteiger partial charge is 0.494 e. The average Bonchev–Trinajstić information content (AvgIpc) is 2.76. The topological polar surface area (TPSA) is 74.4 Å². The number of aromatic nitrogens is 1. The molecule has 4 N–H and O–H groups in total. The number of H-pyrrole nitrogens is 1. The Morgan fingerprint density at radius 1 is 1.19 bits per heavy atom. The molecule has 2 aromatic carbocycles. The third-order valence-electron chi connectivity index (χ3n) is 3.29. The Bertz CT molecular complexity index is 835. The number of aliphatic imine (C=N–C) groups is 1. The zero-order valence-electron chi connectivity index (χ0n) is 11.4. The molecule has 1 heterocycles. The van der Waals surface area contributed by atoms with E-state index in [0.29, 0.717) is 11.3 Å². The zero-order valence-corrected chi connectivity index (χ0v) is 13.0. The van der Waals surface area contributed by atoms with Crippen LogP contribution >= 0.6 is 15.9 Å². The lowest BCUT2D eigenvalue weighted by molar-refractivity contribution is 0.457. The molecular formula is C16H14BrN3O. The highest BCUT2D eigenvalue weighted by atomic mass is 79.9. The predicted molar refractivity (Wildman–Crippen MR) is 90.4 cm³/mol. The number of anilines is 1. The molecule has 1 aromatic heterocycles. The lowest BCUT2D eigenvalue weighted by atomic mass is 10.1. The minimum absolute atomic E-state index is 0.106. The fraction of sp³-hybridized carbons (Fsp3) is 0.0625. The number of aromatic amines is 1. The van der Waals surface area contributed by atoms with Gasteiger partial charge in [-0.05, 0) is 49.4 Å². The molecule has 0 saturated heterocycles. The monoisotopic (exact) mass is 343 g/mol. The Balaban J connectivity index is 2.12. The molecule has 0 unspecified atom stereocenters. The maximum absolute atomic E-state index is 10.1. The van der Waals surface area contributed by atoms with Crippen molar-refractivity contribution in [1.82, 2.24) is 4.98 Å². The number of rotatable bonds is 2. The molecule has 0 bridgehead atoms. The SMILES string of the molecule is CC(=Nc1ccc(Br)cc1)c1c(O)[nH]c2ccc(N)cc12. The molecule has 106 valence electrons. The van der Waals surface area contributed by atoms with Crippen molar-refractivity contribution in [3.05, 3.63) is 52.5 Å². The molecule has 0 aliphatic heterocycles. The van der Waals surface area contributed by atoms with Crippen LogP contribution in [0.1, 0.15) is 12.5 Å². The van der Waals surface area contributed by atoms with Crippen LogP contribution in [0.2, 0.25) is 0 Å². The van der Waals surface area contributed by atoms with Gasteiger partial charge in [0, 0.05) is 21.1 Å². The van der Waals surface area contributed by atoms with Crippen molar-refractivity contribution in [3.63, 3.8) is 0 Å². The van der Waals surface area contributed by atoms with Gasteiger partial charge >= 0.3 is 0 Å². The Morgan fingerprint density at radius 2 is 1.90 bits per heavy atom. The lowest BCUT2D eigenvalue weighted by Gasteiger charge is -2.02. The van der Waals surface area contributed by atoms with Crippen molar-refractivity contribution in [2.24, 2.45) is 4.99 Å². The molecule has 0 aliphatic rings. The van der Waals surface area contributed by atoms with Gasteiger partial charge in [0.2, 0.25) is 0 Å². The van der Waals surface area contributed by atoms with Crippen LogP contribution in [0.5, 0.6) is 5.88 Å². The molecule has 0 amide bonds. The van der Waals surface area contributed by atoms with E-state index >= 15 is 0 Å². The molecule has 3 aromatic rings. The van der Waals surface area contributed by atoms with Crippen molar-refractivity contribution < 1.29 is 5.11 Å². The van der Waals surface area contributed by atoms with Gasteiger partial charge < -0.3 is 15.8 Å². The second kappa shape index (κ2) is 5.26. The third kappa shape index (κ3) is 2.64. The number of nitrogen functional groups attached to an aromatic ring is 1. The molecule has 21 heavy (non-hydrogen) atoms. The number of benzene rings is 2. The van der Waals surface area contributed by atoms with Gasteiger partial charge in [-0.3, -0.25) is 4.99 Å². The Kier molecular flexibility index (Phi) is 3.43. The molecule has 4 nitrogen and oxygen atoms in total. The highest BCUT2D eigenvalue weighted by Gasteiger charge is 2.13. The second-order valence-corrected chi connectivity index (χ2v) is 5.74. The van der Waals surface area contributed by atoms with Gasteiger partial charge in [-0.2, -0.15) is 0 Å². The van der Waals surface area contributed by atoms with E-state index in [4.69, 9.17) is 5.73 Å². The first kappa shape index (κ1) is 13.7. The predicted octanol–water partition coefficient (Wildman–Crippen LogP) is 4.36. The number of hydrogen-bond donors (Lipinski definition) is 3. The first-order valence-corrected chi connectivity index (χ1v) is 7.25. The number of nitrogens with zero attached hydrogens (tertiary/aromatic N) is 1. The van der Waals surface area contributed by atoms with E-state index in [1.54, 1.807) is 6.07 Å². The molecule has 0 atom stereocenters. The molecule has 0 spiro atoms. The van der Waals surface area contributed by atoms with Crippen molar-refractivity contribution in [3.8, 4) is 5.88 Å². The number of aromatic hydroxyl groups is 1. The summed E-state index contributed by atoms with van der Waals surface area (Å²) in [4.78, 5) is 7.50. The lowest BCUT2D eigenvalue weighted by Crippen LogP contribution is -1.93. The molecule has 0 radical (unpaired) electrons. The highest BCUT2D eigenvalue weighted by Crippen LogP contribution is 2.30. The first-order chi connectivity index (χ1) is 10.0. The van der Waals surface area contributed by atoms with Gasteiger partial charge in [0.05, 0.1) is 17.0 Å². The van der Waals surface area contributed by atoms with Crippen LogP contribution in [0.3, 0.4) is 0 Å². The number of nitrogens with one attached hydrogen (secondary N) is 1. The van der Waals surface area contributed by atoms with Gasteiger partial charge in [0.1, 0.15) is 0 Å². The zero-order chi connectivity index (χ0) is 15.0. The van der Waals surface area contributed by atoms with E-state index in [-0.39, 0.29) is 5.88 Å². The quantitative estimate of drug-likeness (QED) is 0.477. The summed E-state index contributed by atoms with van der Waals surface area (Å²) in [6, 6.07) is 13.2. The maximum Gasteiger partial charge on any atom is 0.198 e. The smallest absolute Gasteiger partial charge is 0.198 e. The Labute approximate surface area is 130 Å². The number of hydrogen-bond acceptors (Lipinski definition) is 3. The van der Waals surface area contributed by atoms with Crippen LogP contribution in [0.15, 0.2) is 51.9 Å². The summed E-state index contributed by atoms with van der Waals surface area (Å²) in [5.41, 5.74) is 9.55. The van der Waals surface area contributed by atoms with Gasteiger partial charge in [-0.1, -0.05) is 15.9 Å². The number of nitrogens with two attached hydrogens (primary N) is 1. The fourth-order valence-electron chi connectivity index (χ4n) is 2.33. The summed E-state index contributed by atoms with van der Waals surface area (Å²) in [6.07, 6.45) is 0. The van der Waals surface area contributed by atoms with E-state index in [2.05, 4.69) is 25.9 Å². The van der Waals surface area contributed by atoms with Crippen LogP contribution in [0, 0.1) is 0 Å². The Hall–Kier alpha value is -2.27. The summed E-state index contributed by atoms with van der Waals surface area (Å²) in [5, 5.41) is 11.0. The van der Waals surface area contributed by atoms with Gasteiger partial charge in [0.15, 0.2) is 5.88 Å². The number of halogens is 1. The molecule has 0 saturated carbocycles. The summed E-state index contributed by atoms with van der Waals surface area (Å²) in [6.45, 7) is 1.87. The van der Waals surface area contributed by atoms with Crippen molar-refractivity contribution in [2.75, 3.05) is 5.73 Å². The fourth-order valence-corrected chi connectivity index (χ4v) is 2.59. The van der Waals surface area contributed by atoms with E-state index in [0.717, 1.165) is 26.8 Å². The third-order valence-corrected chi connectivity index (χ3v) is 3.82. The summed E-state index contributed by atoms with van der Waals surface area (Å²) in [5.74, 6) is 0.106. The normalized spacial score (nSPS) is 12.0. The van der Waals surface area contributed by atoms with E-state index in [1.165, 1.54) is 0 Å². The van der Waals surface area contributed by atoms with Crippen molar-refractivity contribution in [1.29, 1.82) is 0 Å². The minimum Gasteiger partial charge on any atom is -0.494 e. The van der Waals surface area contributed by atoms with Crippen molar-refractivity contribution in [2.45, 2.75) is 6.92 Å². The molecule has 0 fully saturated rings. The average molecular weight is 344 g/mol. The van der Waals surface area contributed by atoms with Crippen LogP contribution in [-0.4, -0.2) is 15.8 Å². The van der Waals surface area contributed by atoms with Gasteiger partial charge in [0.25, 0.3) is 0 Å². The summed E-state index contributed by atoms with van der Waals surface area (Å²) >= 11 is 3.40. The van der Waals surface area contributed by atoms with Crippen LogP contribution < -0.4 is 5.73 Å². The Morgan fingerprint density at radius 3 is 2.62 bits per heavy atom. The number of fused-ring (bicyclic) bond motifs is 1. The molecular weight excluding hydrogens is 330 g/mol. The molecule has 0 aliphatic carbocycles. The van der Waals surface area contributed by atoms with Crippen LogP contribution in [0.4, 0.5) is 11.4 Å². The summed E-state index contributed by atoms with van der Waals surface area (Å²) < 4.78 is 1.00. The van der Waals surface area contributed by atoms with Crippen LogP contribution in [-0.2, 0) is 0 Å².